The van der Waals surface area contributed by atoms with E-state index in [4.69, 9.17) is 10.5 Å². The molecule has 2 rings (SSSR count). The zero-order valence-electron chi connectivity index (χ0n) is 9.81. The quantitative estimate of drug-likeness (QED) is 0.791. The first kappa shape index (κ1) is 11.3. The Morgan fingerprint density at radius 2 is 2.12 bits per heavy atom. The predicted molar refractivity (Wildman–Crippen MR) is 62.2 cm³/mol. The van der Waals surface area contributed by atoms with Gasteiger partial charge >= 0.3 is 0 Å². The fourth-order valence-corrected chi connectivity index (χ4v) is 1.80. The van der Waals surface area contributed by atoms with Crippen LogP contribution < -0.4 is 10.6 Å². The maximum atomic E-state index is 5.64. The normalized spacial score (nSPS) is 19.8. The Labute approximate surface area is 95.6 Å². The highest BCUT2D eigenvalue weighted by molar-refractivity contribution is 5.31. The second-order valence-electron chi connectivity index (χ2n) is 4.63. The summed E-state index contributed by atoms with van der Waals surface area (Å²) in [6.45, 7) is 7.01. The molecule has 5 heteroatoms. The molecule has 1 aliphatic heterocycles. The van der Waals surface area contributed by atoms with E-state index in [1.165, 1.54) is 0 Å². The highest BCUT2D eigenvalue weighted by Crippen LogP contribution is 2.19. The van der Waals surface area contributed by atoms with Crippen LogP contribution in [0.25, 0.3) is 0 Å². The van der Waals surface area contributed by atoms with Gasteiger partial charge in [-0.1, -0.05) is 0 Å². The van der Waals surface area contributed by atoms with Gasteiger partial charge in [0.2, 0.25) is 5.95 Å². The molecule has 0 atom stereocenters. The summed E-state index contributed by atoms with van der Waals surface area (Å²) < 4.78 is 5.64. The number of nitrogens with two attached hydrogens (primary N) is 1. The summed E-state index contributed by atoms with van der Waals surface area (Å²) in [4.78, 5) is 10.8. The molecule has 0 aromatic carbocycles. The molecule has 1 aliphatic rings. The standard InChI is InChI=1S/C11H18N4O/c1-11(2)8-15(3-4-16-11)10-13-6-9(5-12)7-14-10/h6-7H,3-5,8,12H2,1-2H3. The van der Waals surface area contributed by atoms with E-state index in [1.807, 2.05) is 0 Å². The van der Waals surface area contributed by atoms with Gasteiger partial charge in [-0.25, -0.2) is 9.97 Å². The molecule has 0 unspecified atom stereocenters. The minimum atomic E-state index is -0.131. The van der Waals surface area contributed by atoms with Crippen molar-refractivity contribution in [1.29, 1.82) is 0 Å². The Hall–Kier alpha value is -1.20. The Bertz CT molecular complexity index is 350. The summed E-state index contributed by atoms with van der Waals surface area (Å²) in [5.41, 5.74) is 6.33. The molecule has 0 saturated carbocycles. The highest BCUT2D eigenvalue weighted by Gasteiger charge is 2.28. The zero-order valence-corrected chi connectivity index (χ0v) is 9.81. The molecule has 0 bridgehead atoms. The Balaban J connectivity index is 2.11. The van der Waals surface area contributed by atoms with Crippen LogP contribution in [0.4, 0.5) is 5.95 Å². The van der Waals surface area contributed by atoms with Crippen LogP contribution in [0.3, 0.4) is 0 Å². The molecule has 1 saturated heterocycles. The van der Waals surface area contributed by atoms with Crippen LogP contribution in [-0.4, -0.2) is 35.3 Å². The van der Waals surface area contributed by atoms with Crippen molar-refractivity contribution in [2.75, 3.05) is 24.6 Å². The summed E-state index contributed by atoms with van der Waals surface area (Å²) in [5.74, 6) is 0.758. The summed E-state index contributed by atoms with van der Waals surface area (Å²) >= 11 is 0. The van der Waals surface area contributed by atoms with Crippen molar-refractivity contribution in [3.05, 3.63) is 18.0 Å². The molecule has 1 aromatic rings. The van der Waals surface area contributed by atoms with Crippen molar-refractivity contribution >= 4 is 5.95 Å². The number of rotatable bonds is 2. The van der Waals surface area contributed by atoms with E-state index < -0.39 is 0 Å². The average Bonchev–Trinajstić information content (AvgIpc) is 2.28. The minimum absolute atomic E-state index is 0.131. The number of hydrogen-bond acceptors (Lipinski definition) is 5. The molecule has 0 spiro atoms. The Morgan fingerprint density at radius 3 is 2.69 bits per heavy atom. The van der Waals surface area contributed by atoms with Gasteiger partial charge in [0.1, 0.15) is 0 Å². The highest BCUT2D eigenvalue weighted by atomic mass is 16.5. The second-order valence-corrected chi connectivity index (χ2v) is 4.63. The zero-order chi connectivity index (χ0) is 11.6. The molecule has 0 aliphatic carbocycles. The van der Waals surface area contributed by atoms with Gasteiger partial charge in [0.05, 0.1) is 12.2 Å². The molecular formula is C11H18N4O. The third-order valence-electron chi connectivity index (χ3n) is 2.64. The van der Waals surface area contributed by atoms with Crippen molar-refractivity contribution in [3.63, 3.8) is 0 Å². The molecule has 2 N–H and O–H groups in total. The van der Waals surface area contributed by atoms with Gasteiger partial charge < -0.3 is 15.4 Å². The molecular weight excluding hydrogens is 204 g/mol. The topological polar surface area (TPSA) is 64.3 Å². The summed E-state index contributed by atoms with van der Waals surface area (Å²) in [6.07, 6.45) is 3.57. The predicted octanol–water partition coefficient (Wildman–Crippen LogP) is 0.550. The summed E-state index contributed by atoms with van der Waals surface area (Å²) in [7, 11) is 0. The van der Waals surface area contributed by atoms with E-state index in [0.717, 1.165) is 31.2 Å². The summed E-state index contributed by atoms with van der Waals surface area (Å²) in [5, 5.41) is 0. The van der Waals surface area contributed by atoms with E-state index in [9.17, 15) is 0 Å². The smallest absolute Gasteiger partial charge is 0.225 e. The molecule has 1 aromatic heterocycles. The average molecular weight is 222 g/mol. The van der Waals surface area contributed by atoms with Gasteiger partial charge in [-0.05, 0) is 13.8 Å². The van der Waals surface area contributed by atoms with Gasteiger partial charge in [-0.3, -0.25) is 0 Å². The maximum absolute atomic E-state index is 5.64. The number of ether oxygens (including phenoxy) is 1. The van der Waals surface area contributed by atoms with Crippen LogP contribution in [0, 0.1) is 0 Å². The molecule has 0 radical (unpaired) electrons. The largest absolute Gasteiger partial charge is 0.372 e. The molecule has 16 heavy (non-hydrogen) atoms. The van der Waals surface area contributed by atoms with E-state index >= 15 is 0 Å². The van der Waals surface area contributed by atoms with Gasteiger partial charge in [0.15, 0.2) is 0 Å². The molecule has 5 nitrogen and oxygen atoms in total. The SMILES string of the molecule is CC1(C)CN(c2ncc(CN)cn2)CCO1. The molecule has 1 fully saturated rings. The number of morpholine rings is 1. The van der Waals surface area contributed by atoms with Gasteiger partial charge in [0, 0.05) is 37.6 Å². The van der Waals surface area contributed by atoms with Crippen molar-refractivity contribution in [1.82, 2.24) is 9.97 Å². The van der Waals surface area contributed by atoms with E-state index in [0.29, 0.717) is 6.54 Å². The van der Waals surface area contributed by atoms with Crippen molar-refractivity contribution in [2.24, 2.45) is 5.73 Å². The van der Waals surface area contributed by atoms with E-state index in [1.54, 1.807) is 12.4 Å². The van der Waals surface area contributed by atoms with Crippen LogP contribution in [-0.2, 0) is 11.3 Å². The molecule has 88 valence electrons. The van der Waals surface area contributed by atoms with Crippen LogP contribution in [0.5, 0.6) is 0 Å². The lowest BCUT2D eigenvalue weighted by molar-refractivity contribution is -0.0281. The first-order valence-electron chi connectivity index (χ1n) is 5.51. The lowest BCUT2D eigenvalue weighted by Gasteiger charge is -2.38. The summed E-state index contributed by atoms with van der Waals surface area (Å²) in [6, 6.07) is 0. The van der Waals surface area contributed by atoms with Gasteiger partial charge in [0.25, 0.3) is 0 Å². The van der Waals surface area contributed by atoms with Crippen LogP contribution in [0.2, 0.25) is 0 Å². The third kappa shape index (κ3) is 2.48. The monoisotopic (exact) mass is 222 g/mol. The molecule has 2 heterocycles. The fraction of sp³-hybridized carbons (Fsp3) is 0.636. The first-order chi connectivity index (χ1) is 7.61. The number of nitrogens with zero attached hydrogens (tertiary/aromatic N) is 3. The van der Waals surface area contributed by atoms with Crippen molar-refractivity contribution in [2.45, 2.75) is 26.0 Å². The number of hydrogen-bond donors (Lipinski definition) is 1. The number of aromatic nitrogens is 2. The number of anilines is 1. The minimum Gasteiger partial charge on any atom is -0.372 e. The van der Waals surface area contributed by atoms with Gasteiger partial charge in [-0.2, -0.15) is 0 Å². The lowest BCUT2D eigenvalue weighted by atomic mass is 10.1. The maximum Gasteiger partial charge on any atom is 0.225 e. The Morgan fingerprint density at radius 1 is 1.44 bits per heavy atom. The molecule has 0 amide bonds. The lowest BCUT2D eigenvalue weighted by Crippen LogP contribution is -2.49. The van der Waals surface area contributed by atoms with Crippen LogP contribution in [0.1, 0.15) is 19.4 Å². The fourth-order valence-electron chi connectivity index (χ4n) is 1.80. The van der Waals surface area contributed by atoms with E-state index in [-0.39, 0.29) is 5.60 Å². The van der Waals surface area contributed by atoms with Crippen molar-refractivity contribution < 1.29 is 4.74 Å². The van der Waals surface area contributed by atoms with Gasteiger partial charge in [-0.15, -0.1) is 0 Å². The first-order valence-corrected chi connectivity index (χ1v) is 5.51. The van der Waals surface area contributed by atoms with E-state index in [2.05, 4.69) is 28.7 Å². The third-order valence-corrected chi connectivity index (χ3v) is 2.64. The van der Waals surface area contributed by atoms with Crippen LogP contribution in [0.15, 0.2) is 12.4 Å². The second kappa shape index (κ2) is 4.35. The Kier molecular flexibility index (Phi) is 3.07. The van der Waals surface area contributed by atoms with Crippen molar-refractivity contribution in [3.8, 4) is 0 Å². The van der Waals surface area contributed by atoms with Crippen LogP contribution >= 0.6 is 0 Å².